The van der Waals surface area contributed by atoms with Crippen LogP contribution in [0, 0.1) is 10.1 Å². The zero-order valence-corrected chi connectivity index (χ0v) is 9.14. The van der Waals surface area contributed by atoms with Crippen LogP contribution in [0.3, 0.4) is 0 Å². The van der Waals surface area contributed by atoms with Gasteiger partial charge in [-0.3, -0.25) is 10.1 Å². The van der Waals surface area contributed by atoms with Crippen molar-refractivity contribution in [2.45, 2.75) is 17.3 Å². The lowest BCUT2D eigenvalue weighted by Gasteiger charge is -2.09. The van der Waals surface area contributed by atoms with Crippen LogP contribution in [0.4, 0.5) is 10.5 Å². The quantitative estimate of drug-likeness (QED) is 0.287. The third-order valence-corrected chi connectivity index (χ3v) is 2.59. The third-order valence-electron chi connectivity index (χ3n) is 1.62. The van der Waals surface area contributed by atoms with Crippen LogP contribution in [0.1, 0.15) is 6.92 Å². The van der Waals surface area contributed by atoms with Gasteiger partial charge in [-0.05, 0) is 19.1 Å². The Kier molecular flexibility index (Phi) is 4.12. The Morgan fingerprint density at radius 3 is 2.50 bits per heavy atom. The second-order valence-electron chi connectivity index (χ2n) is 2.82. The standard InChI is InChI=1S/C9H9NO5S/c1-6(15-9(11)12)16-8-4-2-7(3-5-8)10(13)14/h2-6H,1H3,(H,11,12). The summed E-state index contributed by atoms with van der Waals surface area (Å²) in [5.74, 6) is 0. The Morgan fingerprint density at radius 1 is 1.50 bits per heavy atom. The highest BCUT2D eigenvalue weighted by Gasteiger charge is 2.10. The summed E-state index contributed by atoms with van der Waals surface area (Å²) >= 11 is 1.17. The predicted molar refractivity (Wildman–Crippen MR) is 57.5 cm³/mol. The number of hydrogen-bond donors (Lipinski definition) is 1. The lowest BCUT2D eigenvalue weighted by atomic mass is 10.3. The molecule has 16 heavy (non-hydrogen) atoms. The third kappa shape index (κ3) is 3.77. The summed E-state index contributed by atoms with van der Waals surface area (Å²) in [4.78, 5) is 20.8. The minimum Gasteiger partial charge on any atom is -0.450 e. The van der Waals surface area contributed by atoms with E-state index in [0.29, 0.717) is 4.90 Å². The van der Waals surface area contributed by atoms with E-state index < -0.39 is 16.5 Å². The van der Waals surface area contributed by atoms with Gasteiger partial charge < -0.3 is 9.84 Å². The molecule has 1 unspecified atom stereocenters. The molecule has 0 aromatic heterocycles. The molecule has 0 saturated heterocycles. The molecule has 0 amide bonds. The molecule has 1 aromatic rings. The van der Waals surface area contributed by atoms with Gasteiger partial charge in [0.05, 0.1) is 4.92 Å². The molecule has 0 fully saturated rings. The van der Waals surface area contributed by atoms with E-state index in [-0.39, 0.29) is 5.69 Å². The molecule has 0 aliphatic rings. The van der Waals surface area contributed by atoms with E-state index in [2.05, 4.69) is 4.74 Å². The molecule has 1 aromatic carbocycles. The van der Waals surface area contributed by atoms with Gasteiger partial charge in [0.15, 0.2) is 5.44 Å². The zero-order valence-electron chi connectivity index (χ0n) is 8.32. The average Bonchev–Trinajstić information content (AvgIpc) is 2.16. The molecule has 0 aliphatic heterocycles. The SMILES string of the molecule is CC(OC(=O)O)Sc1ccc([N+](=O)[O-])cc1. The Labute approximate surface area is 95.4 Å². The number of thioether (sulfide) groups is 1. The first kappa shape index (κ1) is 12.3. The maximum absolute atomic E-state index is 10.4. The Morgan fingerprint density at radius 2 is 2.06 bits per heavy atom. The van der Waals surface area contributed by atoms with E-state index in [1.165, 1.54) is 23.9 Å². The second-order valence-corrected chi connectivity index (χ2v) is 4.19. The van der Waals surface area contributed by atoms with Crippen molar-refractivity contribution in [3.05, 3.63) is 34.4 Å². The van der Waals surface area contributed by atoms with Crippen LogP contribution >= 0.6 is 11.8 Å². The van der Waals surface area contributed by atoms with E-state index >= 15 is 0 Å². The van der Waals surface area contributed by atoms with Crippen molar-refractivity contribution in [3.8, 4) is 0 Å². The molecule has 1 atom stereocenters. The van der Waals surface area contributed by atoms with E-state index in [1.54, 1.807) is 19.1 Å². The minimum absolute atomic E-state index is 0.00356. The van der Waals surface area contributed by atoms with Gasteiger partial charge in [-0.25, -0.2) is 4.79 Å². The van der Waals surface area contributed by atoms with Gasteiger partial charge in [0, 0.05) is 17.0 Å². The van der Waals surface area contributed by atoms with Gasteiger partial charge >= 0.3 is 6.16 Å². The highest BCUT2D eigenvalue weighted by Crippen LogP contribution is 2.25. The van der Waals surface area contributed by atoms with Crippen molar-refractivity contribution in [2.24, 2.45) is 0 Å². The number of carboxylic acid groups (broad SMARTS) is 1. The first-order chi connectivity index (χ1) is 7.49. The molecule has 86 valence electrons. The highest BCUT2D eigenvalue weighted by molar-refractivity contribution is 7.99. The Hall–Kier alpha value is -1.76. The van der Waals surface area contributed by atoms with Crippen LogP contribution in [-0.2, 0) is 4.74 Å². The van der Waals surface area contributed by atoms with Gasteiger partial charge in [0.25, 0.3) is 5.69 Å². The number of rotatable bonds is 4. The van der Waals surface area contributed by atoms with E-state index in [1.807, 2.05) is 0 Å². The van der Waals surface area contributed by atoms with Crippen molar-refractivity contribution < 1.29 is 19.6 Å². The summed E-state index contributed by atoms with van der Waals surface area (Å²) in [6, 6.07) is 5.81. The van der Waals surface area contributed by atoms with Gasteiger partial charge in [-0.15, -0.1) is 0 Å². The number of carbonyl (C=O) groups is 1. The second kappa shape index (κ2) is 5.36. The van der Waals surface area contributed by atoms with Crippen molar-refractivity contribution in [1.29, 1.82) is 0 Å². The number of benzene rings is 1. The van der Waals surface area contributed by atoms with Crippen molar-refractivity contribution in [2.75, 3.05) is 0 Å². The molecular formula is C9H9NO5S. The maximum atomic E-state index is 10.4. The molecule has 0 aliphatic carbocycles. The first-order valence-corrected chi connectivity index (χ1v) is 5.17. The summed E-state index contributed by atoms with van der Waals surface area (Å²) in [6.45, 7) is 1.58. The fourth-order valence-corrected chi connectivity index (χ4v) is 1.81. The molecule has 6 nitrogen and oxygen atoms in total. The molecule has 0 bridgehead atoms. The summed E-state index contributed by atoms with van der Waals surface area (Å²) in [5.41, 5.74) is -0.560. The Bertz CT molecular complexity index is 391. The number of nitro benzene ring substituents is 1. The number of nitrogens with zero attached hydrogens (tertiary/aromatic N) is 1. The van der Waals surface area contributed by atoms with Crippen LogP contribution in [0.5, 0.6) is 0 Å². The van der Waals surface area contributed by atoms with Crippen LogP contribution in [-0.4, -0.2) is 21.6 Å². The number of hydrogen-bond acceptors (Lipinski definition) is 5. The van der Waals surface area contributed by atoms with E-state index in [4.69, 9.17) is 5.11 Å². The molecular weight excluding hydrogens is 234 g/mol. The van der Waals surface area contributed by atoms with Crippen LogP contribution < -0.4 is 0 Å². The number of ether oxygens (including phenoxy) is 1. The summed E-state index contributed by atoms with van der Waals surface area (Å²) in [5, 5.41) is 18.7. The average molecular weight is 243 g/mol. The lowest BCUT2D eigenvalue weighted by Crippen LogP contribution is -2.08. The smallest absolute Gasteiger partial charge is 0.450 e. The van der Waals surface area contributed by atoms with Crippen molar-refractivity contribution in [3.63, 3.8) is 0 Å². The van der Waals surface area contributed by atoms with Gasteiger partial charge in [-0.1, -0.05) is 11.8 Å². The molecule has 0 radical (unpaired) electrons. The summed E-state index contributed by atoms with van der Waals surface area (Å²) in [7, 11) is 0. The number of nitro groups is 1. The molecule has 7 heteroatoms. The fraction of sp³-hybridized carbons (Fsp3) is 0.222. The maximum Gasteiger partial charge on any atom is 0.506 e. The van der Waals surface area contributed by atoms with Gasteiger partial charge in [-0.2, -0.15) is 0 Å². The first-order valence-electron chi connectivity index (χ1n) is 4.29. The molecule has 1 rings (SSSR count). The monoisotopic (exact) mass is 243 g/mol. The molecule has 1 N–H and O–H groups in total. The predicted octanol–water partition coefficient (Wildman–Crippen LogP) is 2.73. The normalized spacial score (nSPS) is 11.8. The van der Waals surface area contributed by atoms with Crippen LogP contribution in [0.25, 0.3) is 0 Å². The summed E-state index contributed by atoms with van der Waals surface area (Å²) in [6.07, 6.45) is -1.35. The molecule has 0 saturated carbocycles. The van der Waals surface area contributed by atoms with E-state index in [9.17, 15) is 14.9 Å². The van der Waals surface area contributed by atoms with Gasteiger partial charge in [0.2, 0.25) is 0 Å². The lowest BCUT2D eigenvalue weighted by molar-refractivity contribution is -0.384. The minimum atomic E-state index is -1.35. The van der Waals surface area contributed by atoms with Crippen molar-refractivity contribution >= 4 is 23.6 Å². The topological polar surface area (TPSA) is 89.7 Å². The molecule has 0 heterocycles. The number of non-ortho nitro benzene ring substituents is 1. The fourth-order valence-electron chi connectivity index (χ4n) is 1.00. The largest absolute Gasteiger partial charge is 0.506 e. The highest BCUT2D eigenvalue weighted by atomic mass is 32.2. The summed E-state index contributed by atoms with van der Waals surface area (Å²) < 4.78 is 4.48. The van der Waals surface area contributed by atoms with Crippen molar-refractivity contribution in [1.82, 2.24) is 0 Å². The van der Waals surface area contributed by atoms with Gasteiger partial charge in [0.1, 0.15) is 0 Å². The van der Waals surface area contributed by atoms with E-state index in [0.717, 1.165) is 0 Å². The zero-order chi connectivity index (χ0) is 12.1. The molecule has 0 spiro atoms. The van der Waals surface area contributed by atoms with Crippen LogP contribution in [0.15, 0.2) is 29.2 Å². The van der Waals surface area contributed by atoms with Crippen LogP contribution in [0.2, 0.25) is 0 Å². The Balaban J connectivity index is 2.61.